The number of rotatable bonds is 3. The number of nitrogens with one attached hydrogen (secondary N) is 1. The summed E-state index contributed by atoms with van der Waals surface area (Å²) in [5.41, 5.74) is 4.48. The fourth-order valence-corrected chi connectivity index (χ4v) is 1.79. The molecule has 0 saturated carbocycles. The van der Waals surface area contributed by atoms with E-state index in [1.165, 1.54) is 12.1 Å². The molecule has 0 aromatic heterocycles. The number of halogens is 1. The lowest BCUT2D eigenvalue weighted by Gasteiger charge is -2.30. The molecule has 1 aliphatic heterocycles. The van der Waals surface area contributed by atoms with Crippen LogP contribution in [0.3, 0.4) is 0 Å². The van der Waals surface area contributed by atoms with Crippen molar-refractivity contribution < 1.29 is 9.13 Å². The Labute approximate surface area is 95.2 Å². The minimum Gasteiger partial charge on any atom is -0.379 e. The van der Waals surface area contributed by atoms with Crippen LogP contribution < -0.4 is 5.43 Å². The van der Waals surface area contributed by atoms with Crippen LogP contribution in [0.2, 0.25) is 0 Å². The van der Waals surface area contributed by atoms with Gasteiger partial charge in [0.2, 0.25) is 0 Å². The molecule has 1 aromatic carbocycles. The van der Waals surface area contributed by atoms with Gasteiger partial charge in [-0.05, 0) is 24.6 Å². The summed E-state index contributed by atoms with van der Waals surface area (Å²) >= 11 is 0. The van der Waals surface area contributed by atoms with E-state index >= 15 is 0 Å². The largest absolute Gasteiger partial charge is 0.379 e. The molecule has 0 amide bonds. The number of hydrazine groups is 1. The monoisotopic (exact) mass is 224 g/mol. The molecule has 1 N–H and O–H groups in total. The fraction of sp³-hybridized carbons (Fsp3) is 0.500. The van der Waals surface area contributed by atoms with Gasteiger partial charge < -0.3 is 4.74 Å². The number of hydrogen-bond donors (Lipinski definition) is 1. The van der Waals surface area contributed by atoms with Crippen molar-refractivity contribution >= 4 is 0 Å². The Hall–Kier alpha value is -0.970. The number of morpholine rings is 1. The minimum atomic E-state index is -0.192. The highest BCUT2D eigenvalue weighted by molar-refractivity contribution is 5.19. The third-order valence-corrected chi connectivity index (χ3v) is 2.76. The van der Waals surface area contributed by atoms with E-state index in [1.54, 1.807) is 0 Å². The molecular weight excluding hydrogens is 207 g/mol. The van der Waals surface area contributed by atoms with Gasteiger partial charge in [0.05, 0.1) is 13.2 Å². The molecule has 1 aromatic rings. The Morgan fingerprint density at radius 1 is 1.25 bits per heavy atom. The third-order valence-electron chi connectivity index (χ3n) is 2.76. The molecule has 16 heavy (non-hydrogen) atoms. The van der Waals surface area contributed by atoms with Crippen LogP contribution in [0.5, 0.6) is 0 Å². The van der Waals surface area contributed by atoms with Gasteiger partial charge in [-0.15, -0.1) is 0 Å². The summed E-state index contributed by atoms with van der Waals surface area (Å²) in [6.07, 6.45) is 0. The van der Waals surface area contributed by atoms with Crippen LogP contribution in [0, 0.1) is 5.82 Å². The van der Waals surface area contributed by atoms with E-state index in [2.05, 4.69) is 17.4 Å². The summed E-state index contributed by atoms with van der Waals surface area (Å²) in [5, 5.41) is 2.15. The molecule has 1 saturated heterocycles. The lowest BCUT2D eigenvalue weighted by molar-refractivity contribution is 0.00484. The fourth-order valence-electron chi connectivity index (χ4n) is 1.79. The van der Waals surface area contributed by atoms with Crippen molar-refractivity contribution in [2.45, 2.75) is 13.0 Å². The van der Waals surface area contributed by atoms with E-state index in [-0.39, 0.29) is 11.9 Å². The molecule has 4 heteroatoms. The Bertz CT molecular complexity index is 322. The molecule has 1 atom stereocenters. The molecular formula is C12H17FN2O. The molecule has 2 rings (SSSR count). The van der Waals surface area contributed by atoms with Crippen molar-refractivity contribution in [2.24, 2.45) is 0 Å². The first-order chi connectivity index (χ1) is 7.75. The first-order valence-electron chi connectivity index (χ1n) is 5.60. The van der Waals surface area contributed by atoms with E-state index in [0.29, 0.717) is 0 Å². The summed E-state index contributed by atoms with van der Waals surface area (Å²) in [5.74, 6) is -0.192. The number of nitrogens with zero attached hydrogens (tertiary/aromatic N) is 1. The predicted octanol–water partition coefficient (Wildman–Crippen LogP) is 1.72. The SMILES string of the molecule is CC(NN1CCOCC1)c1ccc(F)cc1. The zero-order valence-electron chi connectivity index (χ0n) is 9.45. The van der Waals surface area contributed by atoms with E-state index in [9.17, 15) is 4.39 Å². The van der Waals surface area contributed by atoms with Crippen LogP contribution in [0.4, 0.5) is 4.39 Å². The van der Waals surface area contributed by atoms with Gasteiger partial charge in [0.1, 0.15) is 5.82 Å². The summed E-state index contributed by atoms with van der Waals surface area (Å²) in [7, 11) is 0. The van der Waals surface area contributed by atoms with Gasteiger partial charge in [-0.1, -0.05) is 12.1 Å². The second-order valence-corrected chi connectivity index (χ2v) is 4.00. The number of hydrogen-bond acceptors (Lipinski definition) is 3. The lowest BCUT2D eigenvalue weighted by Crippen LogP contribution is -2.46. The molecule has 1 unspecified atom stereocenters. The zero-order valence-corrected chi connectivity index (χ0v) is 9.45. The Morgan fingerprint density at radius 2 is 1.88 bits per heavy atom. The van der Waals surface area contributed by atoms with Gasteiger partial charge >= 0.3 is 0 Å². The highest BCUT2D eigenvalue weighted by Gasteiger charge is 2.13. The molecule has 0 bridgehead atoms. The summed E-state index contributed by atoms with van der Waals surface area (Å²) in [6.45, 7) is 5.39. The maximum Gasteiger partial charge on any atom is 0.123 e. The topological polar surface area (TPSA) is 24.5 Å². The van der Waals surface area contributed by atoms with Crippen LogP contribution in [-0.2, 0) is 4.74 Å². The van der Waals surface area contributed by atoms with E-state index in [0.717, 1.165) is 31.9 Å². The van der Waals surface area contributed by atoms with Gasteiger partial charge in [0.15, 0.2) is 0 Å². The van der Waals surface area contributed by atoms with Crippen LogP contribution in [0.15, 0.2) is 24.3 Å². The molecule has 0 spiro atoms. The minimum absolute atomic E-state index is 0.192. The highest BCUT2D eigenvalue weighted by Crippen LogP contribution is 2.13. The highest BCUT2D eigenvalue weighted by atomic mass is 19.1. The van der Waals surface area contributed by atoms with E-state index in [4.69, 9.17) is 4.74 Å². The Balaban J connectivity index is 1.91. The quantitative estimate of drug-likeness (QED) is 0.846. The van der Waals surface area contributed by atoms with Crippen molar-refractivity contribution in [3.63, 3.8) is 0 Å². The zero-order chi connectivity index (χ0) is 11.4. The van der Waals surface area contributed by atoms with E-state index in [1.807, 2.05) is 12.1 Å². The molecule has 1 heterocycles. The maximum atomic E-state index is 12.8. The van der Waals surface area contributed by atoms with Crippen molar-refractivity contribution in [2.75, 3.05) is 26.3 Å². The van der Waals surface area contributed by atoms with Gasteiger partial charge in [0, 0.05) is 19.1 Å². The van der Waals surface area contributed by atoms with Gasteiger partial charge in [-0.3, -0.25) is 0 Å². The normalized spacial score (nSPS) is 19.6. The maximum absolute atomic E-state index is 12.8. The molecule has 88 valence electrons. The second kappa shape index (κ2) is 5.39. The molecule has 1 fully saturated rings. The molecule has 3 nitrogen and oxygen atoms in total. The average Bonchev–Trinajstić information content (AvgIpc) is 2.31. The summed E-state index contributed by atoms with van der Waals surface area (Å²) in [4.78, 5) is 0. The van der Waals surface area contributed by atoms with Crippen LogP contribution in [0.25, 0.3) is 0 Å². The lowest BCUT2D eigenvalue weighted by atomic mass is 10.1. The van der Waals surface area contributed by atoms with Crippen molar-refractivity contribution in [1.29, 1.82) is 0 Å². The second-order valence-electron chi connectivity index (χ2n) is 4.00. The number of benzene rings is 1. The molecule has 1 aliphatic rings. The summed E-state index contributed by atoms with van der Waals surface area (Å²) < 4.78 is 18.0. The molecule has 0 radical (unpaired) electrons. The Morgan fingerprint density at radius 3 is 2.50 bits per heavy atom. The number of ether oxygens (including phenoxy) is 1. The van der Waals surface area contributed by atoms with Crippen LogP contribution in [-0.4, -0.2) is 31.3 Å². The van der Waals surface area contributed by atoms with Gasteiger partial charge in [-0.25, -0.2) is 14.8 Å². The van der Waals surface area contributed by atoms with Crippen molar-refractivity contribution in [3.8, 4) is 0 Å². The van der Waals surface area contributed by atoms with Crippen molar-refractivity contribution in [3.05, 3.63) is 35.6 Å². The van der Waals surface area contributed by atoms with Crippen LogP contribution in [0.1, 0.15) is 18.5 Å². The summed E-state index contributed by atoms with van der Waals surface area (Å²) in [6, 6.07) is 6.80. The van der Waals surface area contributed by atoms with Crippen molar-refractivity contribution in [1.82, 2.24) is 10.4 Å². The first-order valence-corrected chi connectivity index (χ1v) is 5.60. The average molecular weight is 224 g/mol. The van der Waals surface area contributed by atoms with E-state index < -0.39 is 0 Å². The third kappa shape index (κ3) is 3.01. The smallest absolute Gasteiger partial charge is 0.123 e. The molecule has 0 aliphatic carbocycles. The van der Waals surface area contributed by atoms with Gasteiger partial charge in [0.25, 0.3) is 0 Å². The predicted molar refractivity (Wildman–Crippen MR) is 60.3 cm³/mol. The first kappa shape index (κ1) is 11.5. The van der Waals surface area contributed by atoms with Gasteiger partial charge in [-0.2, -0.15) is 0 Å². The standard InChI is InChI=1S/C12H17FN2O/c1-10(11-2-4-12(13)5-3-11)14-15-6-8-16-9-7-15/h2-5,10,14H,6-9H2,1H3. The van der Waals surface area contributed by atoms with Crippen LogP contribution >= 0.6 is 0 Å². The Kier molecular flexibility index (Phi) is 3.88.